The summed E-state index contributed by atoms with van der Waals surface area (Å²) >= 11 is 0. The van der Waals surface area contributed by atoms with Gasteiger partial charge >= 0.3 is 0 Å². The van der Waals surface area contributed by atoms with Crippen LogP contribution in [0.4, 0.5) is 11.6 Å². The molecule has 1 amide bonds. The lowest BCUT2D eigenvalue weighted by Crippen LogP contribution is -2.40. The van der Waals surface area contributed by atoms with Crippen molar-refractivity contribution in [2.75, 3.05) is 18.4 Å². The van der Waals surface area contributed by atoms with Gasteiger partial charge < -0.3 is 15.2 Å². The van der Waals surface area contributed by atoms with Gasteiger partial charge in [0, 0.05) is 48.0 Å². The summed E-state index contributed by atoms with van der Waals surface area (Å²) in [5.74, 6) is 2.02. The van der Waals surface area contributed by atoms with Gasteiger partial charge in [-0.25, -0.2) is 9.97 Å². The summed E-state index contributed by atoms with van der Waals surface area (Å²) in [6.45, 7) is 3.54. The maximum Gasteiger partial charge on any atom is 0.227 e. The van der Waals surface area contributed by atoms with Crippen LogP contribution < -0.4 is 5.32 Å². The summed E-state index contributed by atoms with van der Waals surface area (Å²) in [6.07, 6.45) is 6.18. The number of pyridine rings is 2. The molecule has 1 saturated heterocycles. The Bertz CT molecular complexity index is 1250. The number of rotatable bonds is 5. The second-order valence-corrected chi connectivity index (χ2v) is 8.46. The Morgan fingerprint density at radius 3 is 2.97 bits per heavy atom. The Labute approximate surface area is 187 Å². The van der Waals surface area contributed by atoms with E-state index in [0.717, 1.165) is 58.7 Å². The van der Waals surface area contributed by atoms with Crippen LogP contribution in [-0.2, 0) is 11.2 Å². The summed E-state index contributed by atoms with van der Waals surface area (Å²) < 4.78 is 0. The van der Waals surface area contributed by atoms with Crippen molar-refractivity contribution in [3.8, 4) is 0 Å². The number of likely N-dealkylation sites (tertiary alicyclic amines) is 1. The maximum atomic E-state index is 13.1. The highest BCUT2D eigenvalue weighted by atomic mass is 16.2. The SMILES string of the molecule is Cc1cccnc1Nc1cccc(C2CCCN(C(=O)Cc3c[nH]c4ccccc34)C2)n1. The van der Waals surface area contributed by atoms with Gasteiger partial charge in [0.1, 0.15) is 11.6 Å². The molecule has 4 heterocycles. The molecular weight excluding hydrogens is 398 g/mol. The zero-order valence-corrected chi connectivity index (χ0v) is 18.2. The normalized spacial score (nSPS) is 16.3. The van der Waals surface area contributed by atoms with Crippen molar-refractivity contribution in [2.24, 2.45) is 0 Å². The Morgan fingerprint density at radius 2 is 2.06 bits per heavy atom. The van der Waals surface area contributed by atoms with E-state index in [-0.39, 0.29) is 11.8 Å². The fourth-order valence-electron chi connectivity index (χ4n) is 4.48. The standard InChI is InChI=1S/C26H27N5O/c1-18-7-5-13-27-26(18)30-24-12-4-11-22(29-24)19-8-6-14-31(17-19)25(32)15-20-16-28-23-10-3-2-9-21(20)23/h2-5,7,9-13,16,19,28H,6,8,14-15,17H2,1H3,(H,27,29,30). The Morgan fingerprint density at radius 1 is 1.16 bits per heavy atom. The summed E-state index contributed by atoms with van der Waals surface area (Å²) in [7, 11) is 0. The van der Waals surface area contributed by atoms with Crippen LogP contribution in [0.2, 0.25) is 0 Å². The average molecular weight is 426 g/mol. The molecule has 3 aromatic heterocycles. The average Bonchev–Trinajstić information content (AvgIpc) is 3.24. The molecular formula is C26H27N5O. The highest BCUT2D eigenvalue weighted by molar-refractivity contribution is 5.89. The predicted molar refractivity (Wildman–Crippen MR) is 127 cm³/mol. The number of nitrogens with zero attached hydrogens (tertiary/aromatic N) is 3. The number of hydrogen-bond acceptors (Lipinski definition) is 4. The van der Waals surface area contributed by atoms with Gasteiger partial charge in [-0.1, -0.05) is 30.3 Å². The number of aryl methyl sites for hydroxylation is 1. The van der Waals surface area contributed by atoms with E-state index in [1.165, 1.54) is 0 Å². The van der Waals surface area contributed by atoms with E-state index < -0.39 is 0 Å². The largest absolute Gasteiger partial charge is 0.361 e. The van der Waals surface area contributed by atoms with E-state index in [1.54, 1.807) is 6.20 Å². The third-order valence-electron chi connectivity index (χ3n) is 6.24. The number of para-hydroxylation sites is 1. The van der Waals surface area contributed by atoms with Crippen LogP contribution in [0.1, 0.15) is 35.6 Å². The lowest BCUT2D eigenvalue weighted by atomic mass is 9.93. The maximum absolute atomic E-state index is 13.1. The van der Waals surface area contributed by atoms with Crippen molar-refractivity contribution < 1.29 is 4.79 Å². The van der Waals surface area contributed by atoms with E-state index >= 15 is 0 Å². The second-order valence-electron chi connectivity index (χ2n) is 8.46. The van der Waals surface area contributed by atoms with E-state index in [0.29, 0.717) is 13.0 Å². The minimum absolute atomic E-state index is 0.179. The summed E-state index contributed by atoms with van der Waals surface area (Å²) in [5, 5.41) is 4.45. The lowest BCUT2D eigenvalue weighted by molar-refractivity contribution is -0.131. The zero-order valence-electron chi connectivity index (χ0n) is 18.2. The highest BCUT2D eigenvalue weighted by Gasteiger charge is 2.26. The van der Waals surface area contributed by atoms with E-state index in [1.807, 2.05) is 60.5 Å². The Hall–Kier alpha value is -3.67. The summed E-state index contributed by atoms with van der Waals surface area (Å²) in [6, 6.07) is 18.1. The number of aromatic nitrogens is 3. The van der Waals surface area contributed by atoms with Crippen molar-refractivity contribution in [1.82, 2.24) is 19.9 Å². The third kappa shape index (κ3) is 4.21. The molecule has 0 aliphatic carbocycles. The van der Waals surface area contributed by atoms with Crippen LogP contribution in [0.3, 0.4) is 0 Å². The van der Waals surface area contributed by atoms with Crippen LogP contribution in [0.5, 0.6) is 0 Å². The minimum atomic E-state index is 0.179. The second kappa shape index (κ2) is 8.83. The smallest absolute Gasteiger partial charge is 0.227 e. The van der Waals surface area contributed by atoms with Crippen molar-refractivity contribution in [3.05, 3.63) is 83.8 Å². The molecule has 0 bridgehead atoms. The van der Waals surface area contributed by atoms with Gasteiger partial charge in [-0.05, 0) is 55.2 Å². The third-order valence-corrected chi connectivity index (χ3v) is 6.24. The van der Waals surface area contributed by atoms with Crippen LogP contribution >= 0.6 is 0 Å². The number of carbonyl (C=O) groups is 1. The summed E-state index contributed by atoms with van der Waals surface area (Å²) in [4.78, 5) is 27.6. The number of fused-ring (bicyclic) bond motifs is 1. The number of amides is 1. The number of H-pyrrole nitrogens is 1. The highest BCUT2D eigenvalue weighted by Crippen LogP contribution is 2.28. The van der Waals surface area contributed by atoms with Crippen LogP contribution in [0.25, 0.3) is 10.9 Å². The topological polar surface area (TPSA) is 73.9 Å². The molecule has 4 aromatic rings. The number of hydrogen-bond donors (Lipinski definition) is 2. The minimum Gasteiger partial charge on any atom is -0.361 e. The fourth-order valence-corrected chi connectivity index (χ4v) is 4.48. The van der Waals surface area contributed by atoms with Gasteiger partial charge in [-0.15, -0.1) is 0 Å². The molecule has 1 aliphatic rings. The quantitative estimate of drug-likeness (QED) is 0.474. The van der Waals surface area contributed by atoms with Gasteiger partial charge in [0.05, 0.1) is 6.42 Å². The van der Waals surface area contributed by atoms with Crippen molar-refractivity contribution in [1.29, 1.82) is 0 Å². The van der Waals surface area contributed by atoms with Gasteiger partial charge in [0.2, 0.25) is 5.91 Å². The van der Waals surface area contributed by atoms with E-state index in [4.69, 9.17) is 4.98 Å². The van der Waals surface area contributed by atoms with Crippen LogP contribution in [0, 0.1) is 6.92 Å². The fraction of sp³-hybridized carbons (Fsp3) is 0.269. The molecule has 1 fully saturated rings. The molecule has 1 unspecified atom stereocenters. The monoisotopic (exact) mass is 425 g/mol. The molecule has 1 atom stereocenters. The molecule has 1 aromatic carbocycles. The van der Waals surface area contributed by atoms with Gasteiger partial charge in [0.25, 0.3) is 0 Å². The number of carbonyl (C=O) groups excluding carboxylic acids is 1. The molecule has 5 rings (SSSR count). The number of piperidine rings is 1. The number of aromatic amines is 1. The number of anilines is 2. The number of nitrogens with one attached hydrogen (secondary N) is 2. The summed E-state index contributed by atoms with van der Waals surface area (Å²) in [5.41, 5.74) is 4.23. The van der Waals surface area contributed by atoms with Gasteiger partial charge in [-0.3, -0.25) is 4.79 Å². The van der Waals surface area contributed by atoms with Crippen LogP contribution in [-0.4, -0.2) is 38.8 Å². The van der Waals surface area contributed by atoms with E-state index in [9.17, 15) is 4.79 Å². The van der Waals surface area contributed by atoms with Crippen molar-refractivity contribution >= 4 is 28.4 Å². The first kappa shape index (κ1) is 20.2. The van der Waals surface area contributed by atoms with Crippen LogP contribution in [0.15, 0.2) is 67.0 Å². The molecule has 2 N–H and O–H groups in total. The van der Waals surface area contributed by atoms with Crippen molar-refractivity contribution in [3.63, 3.8) is 0 Å². The van der Waals surface area contributed by atoms with Crippen molar-refractivity contribution in [2.45, 2.75) is 32.1 Å². The molecule has 1 aliphatic heterocycles. The molecule has 0 saturated carbocycles. The molecule has 6 heteroatoms. The first-order chi connectivity index (χ1) is 15.7. The van der Waals surface area contributed by atoms with E-state index in [2.05, 4.69) is 27.4 Å². The zero-order chi connectivity index (χ0) is 21.9. The first-order valence-electron chi connectivity index (χ1n) is 11.2. The molecule has 6 nitrogen and oxygen atoms in total. The molecule has 0 radical (unpaired) electrons. The Balaban J connectivity index is 1.28. The lowest BCUT2D eigenvalue weighted by Gasteiger charge is -2.32. The predicted octanol–water partition coefficient (Wildman–Crippen LogP) is 4.96. The van der Waals surface area contributed by atoms with Gasteiger partial charge in [0.15, 0.2) is 0 Å². The molecule has 162 valence electrons. The first-order valence-corrected chi connectivity index (χ1v) is 11.2. The number of benzene rings is 1. The van der Waals surface area contributed by atoms with Gasteiger partial charge in [-0.2, -0.15) is 0 Å². The Kier molecular flexibility index (Phi) is 5.58. The molecule has 0 spiro atoms. The molecule has 32 heavy (non-hydrogen) atoms.